The van der Waals surface area contributed by atoms with E-state index in [2.05, 4.69) is 460 Å². The Balaban J connectivity index is 0.000000104. The molecule has 12 nitrogen and oxygen atoms in total. The second kappa shape index (κ2) is 35.3. The molecule has 0 N–H and O–H groups in total. The molecule has 11 heterocycles. The molecule has 0 spiro atoms. The first-order valence-corrected chi connectivity index (χ1v) is 52.8. The molecule has 0 aliphatic heterocycles. The van der Waals surface area contributed by atoms with Crippen LogP contribution in [0.3, 0.4) is 0 Å². The van der Waals surface area contributed by atoms with Crippen molar-refractivity contribution < 1.29 is 0 Å². The van der Waals surface area contributed by atoms with Gasteiger partial charge in [0.2, 0.25) is 11.9 Å². The monoisotopic (exact) mass is 1970 g/mol. The van der Waals surface area contributed by atoms with Crippen molar-refractivity contribution in [2.24, 2.45) is 0 Å². The quantitative estimate of drug-likeness (QED) is 0.120. The normalized spacial score (nSPS) is 11.9. The van der Waals surface area contributed by atoms with Crippen LogP contribution in [0.2, 0.25) is 0 Å². The van der Waals surface area contributed by atoms with Crippen LogP contribution in [0.15, 0.2) is 498 Å². The Morgan fingerprint density at radius 1 is 0.167 bits per heavy atom. The summed E-state index contributed by atoms with van der Waals surface area (Å²) >= 11 is 5.59. The van der Waals surface area contributed by atoms with Gasteiger partial charge in [-0.3, -0.25) is 9.13 Å². The Hall–Kier alpha value is -19.3. The smallest absolute Gasteiger partial charge is 0.238 e. The van der Waals surface area contributed by atoms with Crippen LogP contribution in [0.4, 0.5) is 0 Å². The van der Waals surface area contributed by atoms with Gasteiger partial charge in [-0.1, -0.05) is 340 Å². The fourth-order valence-electron chi connectivity index (χ4n) is 22.8. The molecule has 0 saturated carbocycles. The summed E-state index contributed by atoms with van der Waals surface area (Å²) in [5, 5.41) is 21.2. The van der Waals surface area contributed by atoms with Crippen LogP contribution in [0.25, 0.3) is 288 Å². The third-order valence-electron chi connectivity index (χ3n) is 29.6. The molecule has 0 saturated heterocycles. The van der Waals surface area contributed by atoms with Gasteiger partial charge in [0.05, 0.1) is 72.1 Å². The minimum Gasteiger partial charge on any atom is -0.309 e. The number of aromatic nitrogens is 12. The summed E-state index contributed by atoms with van der Waals surface area (Å²) in [4.78, 5) is 35.7. The van der Waals surface area contributed by atoms with Crippen molar-refractivity contribution in [3.8, 4) is 108 Å². The first kappa shape index (κ1) is 86.2. The van der Waals surface area contributed by atoms with Crippen molar-refractivity contribution in [3.05, 3.63) is 498 Å². The Morgan fingerprint density at radius 3 is 1.05 bits per heavy atom. The highest BCUT2D eigenvalue weighted by atomic mass is 32.1. The van der Waals surface area contributed by atoms with Gasteiger partial charge in [-0.15, -0.1) is 34.0 Å². The SMILES string of the molecule is c1cc(-c2ccnc(-n3c4ccccc4c4c5sc6ccccc6c5ccc43)n2)cc(-n2c3ccccc3c3ccccc32)c1.c1ccc(-c2ccc(-c3nc(-c4ccc(-n5c6ccccc6c6c7sc8ccccc8c7ccc65)cc4)nc4ccccc34)cc2)cc1.c1ccc(-c2nc(-c3ccccc3)nc(-n3c4ccc(-c5ccc6c(c5)c5ccccc5n6-c5ccccc5)cc4c4c5sc6ccccc6c5ccc43)n2)cc1. The topological polar surface area (TPSA) is 115 Å². The van der Waals surface area contributed by atoms with E-state index in [9.17, 15) is 0 Å². The van der Waals surface area contributed by atoms with Crippen LogP contribution in [0, 0.1) is 0 Å². The molecule has 0 unspecified atom stereocenters. The fraction of sp³-hybridized carbons (Fsp3) is 0. The summed E-state index contributed by atoms with van der Waals surface area (Å²) in [5.41, 5.74) is 27.4. The molecule has 32 aromatic rings. The number of para-hydroxylation sites is 7. The van der Waals surface area contributed by atoms with E-state index in [4.69, 9.17) is 34.9 Å². The van der Waals surface area contributed by atoms with Crippen LogP contribution in [0.5, 0.6) is 0 Å². The average Bonchev–Trinajstić information content (AvgIpc) is 1.56. The first-order chi connectivity index (χ1) is 74.4. The minimum atomic E-state index is 0.589. The third kappa shape index (κ3) is 14.2. The zero-order valence-corrected chi connectivity index (χ0v) is 82.9. The fourth-order valence-corrected chi connectivity index (χ4v) is 26.6. The lowest BCUT2D eigenvalue weighted by Crippen LogP contribution is -2.06. The van der Waals surface area contributed by atoms with Crippen molar-refractivity contribution in [3.63, 3.8) is 0 Å². The highest BCUT2D eigenvalue weighted by molar-refractivity contribution is 7.27. The standard InChI is InChI=1S/C51H31N5S.C44H27N3S.C40H24N4S/c1-4-14-32(15-5-1)49-52-50(33-16-6-2-7-17-33)54-51(53-49)56-44-28-25-35(31-41(44)47-45(56)29-26-39-38-21-11-13-23-46(38)57-48(39)47)34-24-27-43-40(30-34)37-20-10-12-22-42(37)55(43)36-18-8-3-9-19-36;1-2-10-28(11-3-1)29-18-20-30(21-19-29)42-35-13-4-7-15-37(35)45-44(46-42)31-22-24-32(25-23-31)47-38-16-8-5-14-36(38)41-39(47)27-26-34-33-12-6-9-17-40(33)48-43(34)41;1-5-16-33-27(12-1)28-13-2-6-17-34(28)43(33)26-11-9-10-25(24-26)32-22-23-41-40(42-32)44-35-18-7-3-15-31(35)38-36(44)21-20-30-29-14-4-8-19-37(29)45-39(30)38/h1-31H;1-27H;1-24H. The zero-order valence-electron chi connectivity index (χ0n) is 80.4. The zero-order chi connectivity index (χ0) is 98.5. The number of hydrogen-bond acceptors (Lipinski definition) is 10. The molecule has 32 rings (SSSR count). The Morgan fingerprint density at radius 2 is 0.507 bits per heavy atom. The van der Waals surface area contributed by atoms with Crippen LogP contribution in [-0.2, 0) is 0 Å². The van der Waals surface area contributed by atoms with Crippen molar-refractivity contribution in [2.75, 3.05) is 0 Å². The van der Waals surface area contributed by atoms with Crippen molar-refractivity contribution in [1.82, 2.24) is 57.7 Å². The van der Waals surface area contributed by atoms with Gasteiger partial charge in [0.15, 0.2) is 17.5 Å². The summed E-state index contributed by atoms with van der Waals surface area (Å²) < 4.78 is 19.4. The molecule has 15 heteroatoms. The molecule has 700 valence electrons. The van der Waals surface area contributed by atoms with Crippen molar-refractivity contribution in [1.29, 1.82) is 0 Å². The molecule has 0 atom stereocenters. The van der Waals surface area contributed by atoms with E-state index in [0.717, 1.165) is 106 Å². The number of nitrogens with zero attached hydrogens (tertiary/aromatic N) is 12. The number of fused-ring (bicyclic) bond motifs is 28. The second-order valence-corrected chi connectivity index (χ2v) is 41.2. The van der Waals surface area contributed by atoms with Crippen LogP contribution in [-0.4, -0.2) is 57.7 Å². The van der Waals surface area contributed by atoms with Gasteiger partial charge in [-0.2, -0.15) is 9.97 Å². The second-order valence-electron chi connectivity index (χ2n) is 38.1. The lowest BCUT2D eigenvalue weighted by molar-refractivity contribution is 0.953. The van der Waals surface area contributed by atoms with Gasteiger partial charge in [0, 0.05) is 171 Å². The number of hydrogen-bond donors (Lipinski definition) is 0. The molecule has 11 aromatic heterocycles. The number of benzene rings is 21. The molecule has 0 amide bonds. The molecule has 0 aliphatic carbocycles. The third-order valence-corrected chi connectivity index (χ3v) is 33.2. The highest BCUT2D eigenvalue weighted by Gasteiger charge is 2.27. The van der Waals surface area contributed by atoms with E-state index in [0.29, 0.717) is 23.5 Å². The Kier molecular flexibility index (Phi) is 20.3. The van der Waals surface area contributed by atoms with E-state index in [-0.39, 0.29) is 0 Å². The summed E-state index contributed by atoms with van der Waals surface area (Å²) in [5.74, 6) is 3.25. The Bertz CT molecular complexity index is 11000. The molecule has 0 fully saturated rings. The minimum absolute atomic E-state index is 0.589. The van der Waals surface area contributed by atoms with Gasteiger partial charge < -0.3 is 13.7 Å². The summed E-state index contributed by atoms with van der Waals surface area (Å²) in [6, 6.07) is 175. The summed E-state index contributed by atoms with van der Waals surface area (Å²) in [7, 11) is 0. The van der Waals surface area contributed by atoms with E-state index in [1.54, 1.807) is 0 Å². The molecule has 0 radical (unpaired) electrons. The maximum Gasteiger partial charge on any atom is 0.238 e. The van der Waals surface area contributed by atoms with Crippen LogP contribution in [0.1, 0.15) is 0 Å². The van der Waals surface area contributed by atoms with E-state index in [1.165, 1.54) is 159 Å². The summed E-state index contributed by atoms with van der Waals surface area (Å²) in [6.45, 7) is 0. The summed E-state index contributed by atoms with van der Waals surface area (Å²) in [6.07, 6.45) is 1.88. The predicted molar refractivity (Wildman–Crippen MR) is 630 cm³/mol. The molecule has 0 aliphatic rings. The van der Waals surface area contributed by atoms with Gasteiger partial charge in [0.1, 0.15) is 0 Å². The Labute approximate surface area is 870 Å². The van der Waals surface area contributed by atoms with E-state index in [1.807, 2.05) is 94.8 Å². The average molecular weight is 1970 g/mol. The largest absolute Gasteiger partial charge is 0.309 e. The molecular weight excluding hydrogens is 1890 g/mol. The van der Waals surface area contributed by atoms with E-state index >= 15 is 0 Å². The lowest BCUT2D eigenvalue weighted by Gasteiger charge is -2.12. The molecule has 0 bridgehead atoms. The van der Waals surface area contributed by atoms with Gasteiger partial charge in [-0.05, 0) is 174 Å². The van der Waals surface area contributed by atoms with Crippen molar-refractivity contribution in [2.45, 2.75) is 0 Å². The predicted octanol–water partition coefficient (Wildman–Crippen LogP) is 36.2. The van der Waals surface area contributed by atoms with Crippen molar-refractivity contribution >= 4 is 214 Å². The lowest BCUT2D eigenvalue weighted by atomic mass is 10.00. The maximum absolute atomic E-state index is 5.21. The maximum atomic E-state index is 5.21. The van der Waals surface area contributed by atoms with E-state index < -0.39 is 0 Å². The molecule has 150 heavy (non-hydrogen) atoms. The first-order valence-electron chi connectivity index (χ1n) is 50.4. The van der Waals surface area contributed by atoms with Crippen LogP contribution < -0.4 is 0 Å². The number of thiophene rings is 3. The molecular formula is C135H82N12S3. The molecule has 21 aromatic carbocycles. The van der Waals surface area contributed by atoms with Crippen LogP contribution >= 0.6 is 34.0 Å². The highest BCUT2D eigenvalue weighted by Crippen LogP contribution is 2.50. The number of rotatable bonds is 12. The van der Waals surface area contributed by atoms with Gasteiger partial charge >= 0.3 is 0 Å². The van der Waals surface area contributed by atoms with Gasteiger partial charge in [-0.25, -0.2) is 24.9 Å². The van der Waals surface area contributed by atoms with Gasteiger partial charge in [0.25, 0.3) is 0 Å².